The van der Waals surface area contributed by atoms with Gasteiger partial charge in [-0.25, -0.2) is 0 Å². The Labute approximate surface area is 198 Å². The number of ether oxygens (including phenoxy) is 2. The zero-order valence-corrected chi connectivity index (χ0v) is 19.7. The van der Waals surface area contributed by atoms with Crippen molar-refractivity contribution in [2.24, 2.45) is 0 Å². The third kappa shape index (κ3) is 4.26. The molecule has 3 aliphatic rings. The van der Waals surface area contributed by atoms with Crippen LogP contribution >= 0.6 is 11.6 Å². The van der Waals surface area contributed by atoms with Crippen molar-refractivity contribution >= 4 is 29.1 Å². The zero-order valence-electron chi connectivity index (χ0n) is 18.9. The van der Waals surface area contributed by atoms with Crippen LogP contribution in [-0.2, 0) is 14.4 Å². The number of rotatable bonds is 7. The number of hydrogen-bond acceptors (Lipinski definition) is 6. The molecule has 2 aliphatic carbocycles. The number of ketones is 2. The molecule has 0 fully saturated rings. The predicted molar refractivity (Wildman–Crippen MR) is 123 cm³/mol. The lowest BCUT2D eigenvalue weighted by molar-refractivity contribution is -0.138. The average molecular weight is 474 g/mol. The van der Waals surface area contributed by atoms with Gasteiger partial charge in [0.25, 0.3) is 0 Å². The summed E-state index contributed by atoms with van der Waals surface area (Å²) in [7, 11) is 0. The molecule has 0 atom stereocenters. The van der Waals surface area contributed by atoms with Crippen LogP contribution in [0.4, 0.5) is 0 Å². The molecule has 1 heterocycles. The van der Waals surface area contributed by atoms with Gasteiger partial charge in [0, 0.05) is 41.3 Å². The van der Waals surface area contributed by atoms with Crippen LogP contribution in [0.2, 0.25) is 5.02 Å². The van der Waals surface area contributed by atoms with Gasteiger partial charge in [0.2, 0.25) is 0 Å². The van der Waals surface area contributed by atoms with Crippen LogP contribution < -0.4 is 9.47 Å². The molecule has 8 heteroatoms. The van der Waals surface area contributed by atoms with E-state index < -0.39 is 11.9 Å². The maximum absolute atomic E-state index is 13.2. The summed E-state index contributed by atoms with van der Waals surface area (Å²) >= 11 is 6.59. The zero-order chi connectivity index (χ0) is 23.7. The van der Waals surface area contributed by atoms with Crippen LogP contribution in [-0.4, -0.2) is 47.3 Å². The minimum atomic E-state index is -0.995. The minimum Gasteiger partial charge on any atom is -0.490 e. The van der Waals surface area contributed by atoms with Crippen LogP contribution in [0.15, 0.2) is 34.7 Å². The average Bonchev–Trinajstić information content (AvgIpc) is 2.77. The largest absolute Gasteiger partial charge is 0.490 e. The van der Waals surface area contributed by atoms with Gasteiger partial charge in [-0.15, -0.1) is 0 Å². The highest BCUT2D eigenvalue weighted by molar-refractivity contribution is 6.32. The van der Waals surface area contributed by atoms with Gasteiger partial charge in [-0.05, 0) is 57.2 Å². The number of benzene rings is 1. The normalized spacial score (nSPS) is 18.9. The van der Waals surface area contributed by atoms with E-state index in [0.717, 1.165) is 11.4 Å². The van der Waals surface area contributed by atoms with Crippen LogP contribution in [0.3, 0.4) is 0 Å². The number of nitrogens with zero attached hydrogens (tertiary/aromatic N) is 1. The van der Waals surface area contributed by atoms with E-state index in [2.05, 4.69) is 0 Å². The van der Waals surface area contributed by atoms with Crippen LogP contribution in [0.5, 0.6) is 11.5 Å². The standard InChI is InChI=1S/C25H28ClNO6/c1-3-32-20-12-14(11-15(26)25(20)33-4-2)22-23-16(7-5-9-18(23)28)27(13-21(30)31)17-8-6-10-19(29)24(17)22/h11-12,22H,3-10,13H2,1-2H3,(H,30,31). The fourth-order valence-corrected chi connectivity index (χ4v) is 5.45. The highest BCUT2D eigenvalue weighted by atomic mass is 35.5. The molecule has 0 bridgehead atoms. The Hall–Kier alpha value is -2.80. The molecule has 33 heavy (non-hydrogen) atoms. The van der Waals surface area contributed by atoms with E-state index in [0.29, 0.717) is 85.0 Å². The Morgan fingerprint density at radius 1 is 1.00 bits per heavy atom. The summed E-state index contributed by atoms with van der Waals surface area (Å²) in [5, 5.41) is 9.92. The van der Waals surface area contributed by atoms with Crippen molar-refractivity contribution in [1.82, 2.24) is 4.90 Å². The number of allylic oxidation sites excluding steroid dienone is 4. The van der Waals surface area contributed by atoms with Crippen LogP contribution in [0.25, 0.3) is 0 Å². The van der Waals surface area contributed by atoms with Gasteiger partial charge in [-0.3, -0.25) is 14.4 Å². The van der Waals surface area contributed by atoms with Crippen molar-refractivity contribution in [3.8, 4) is 11.5 Å². The predicted octanol–water partition coefficient (Wildman–Crippen LogP) is 4.64. The molecule has 1 aliphatic heterocycles. The topological polar surface area (TPSA) is 93.1 Å². The number of carboxylic acids is 1. The van der Waals surface area contributed by atoms with Gasteiger partial charge >= 0.3 is 5.97 Å². The second kappa shape index (κ2) is 9.59. The van der Waals surface area contributed by atoms with Gasteiger partial charge in [0.15, 0.2) is 23.1 Å². The molecule has 1 N–H and O–H groups in total. The summed E-state index contributed by atoms with van der Waals surface area (Å²) in [4.78, 5) is 39.9. The monoisotopic (exact) mass is 473 g/mol. The molecular formula is C25H28ClNO6. The highest BCUT2D eigenvalue weighted by Crippen LogP contribution is 2.51. The van der Waals surface area contributed by atoms with Crippen molar-refractivity contribution in [1.29, 1.82) is 0 Å². The molecule has 0 saturated carbocycles. The molecule has 1 aromatic rings. The Morgan fingerprint density at radius 2 is 1.58 bits per heavy atom. The summed E-state index contributed by atoms with van der Waals surface area (Å²) in [6.45, 7) is 4.26. The lowest BCUT2D eigenvalue weighted by atomic mass is 9.71. The van der Waals surface area contributed by atoms with Gasteiger partial charge in [0.1, 0.15) is 6.54 Å². The van der Waals surface area contributed by atoms with Crippen molar-refractivity contribution in [3.05, 3.63) is 45.3 Å². The number of halogens is 1. The van der Waals surface area contributed by atoms with E-state index in [9.17, 15) is 19.5 Å². The summed E-state index contributed by atoms with van der Waals surface area (Å²) in [5.74, 6) is -0.792. The van der Waals surface area contributed by atoms with E-state index in [1.165, 1.54) is 0 Å². The van der Waals surface area contributed by atoms with E-state index in [4.69, 9.17) is 21.1 Å². The third-order valence-corrected chi connectivity index (χ3v) is 6.61. The number of Topliss-reactive ketones (excluding diaryl/α,β-unsaturated/α-hetero) is 2. The molecule has 1 aromatic carbocycles. The van der Waals surface area contributed by atoms with Crippen molar-refractivity contribution in [2.75, 3.05) is 19.8 Å². The maximum atomic E-state index is 13.2. The van der Waals surface area contributed by atoms with E-state index in [-0.39, 0.29) is 18.1 Å². The Morgan fingerprint density at radius 3 is 2.09 bits per heavy atom. The molecule has 0 aromatic heterocycles. The number of hydrogen-bond donors (Lipinski definition) is 1. The quantitative estimate of drug-likeness (QED) is 0.616. The SMILES string of the molecule is CCOc1cc(C2C3=C(CCCC3=O)N(CC(=O)O)C3=C2C(=O)CCC3)cc(Cl)c1OCC. The second-order valence-electron chi connectivity index (χ2n) is 8.38. The molecule has 0 unspecified atom stereocenters. The third-order valence-electron chi connectivity index (χ3n) is 6.33. The van der Waals surface area contributed by atoms with Crippen molar-refractivity contribution < 1.29 is 29.0 Å². The lowest BCUT2D eigenvalue weighted by Crippen LogP contribution is -2.41. The fraction of sp³-hybridized carbons (Fsp3) is 0.480. The number of aliphatic carboxylic acids is 1. The molecular weight excluding hydrogens is 446 g/mol. The summed E-state index contributed by atoms with van der Waals surface area (Å²) in [6, 6.07) is 3.54. The van der Waals surface area contributed by atoms with Crippen molar-refractivity contribution in [3.63, 3.8) is 0 Å². The van der Waals surface area contributed by atoms with Gasteiger partial charge in [-0.1, -0.05) is 11.6 Å². The number of carbonyl (C=O) groups excluding carboxylic acids is 2. The summed E-state index contributed by atoms with van der Waals surface area (Å²) in [5.41, 5.74) is 3.15. The molecule has 0 amide bonds. The Kier molecular flexibility index (Phi) is 6.79. The van der Waals surface area contributed by atoms with Crippen LogP contribution in [0.1, 0.15) is 63.9 Å². The Balaban J connectivity index is 1.96. The highest BCUT2D eigenvalue weighted by Gasteiger charge is 2.44. The van der Waals surface area contributed by atoms with E-state index in [1.807, 2.05) is 13.8 Å². The first kappa shape index (κ1) is 23.4. The smallest absolute Gasteiger partial charge is 0.323 e. The number of carbonyl (C=O) groups is 3. The molecule has 0 radical (unpaired) electrons. The number of carboxylic acid groups (broad SMARTS) is 1. The minimum absolute atomic E-state index is 0.0514. The Bertz CT molecular complexity index is 1030. The molecule has 7 nitrogen and oxygen atoms in total. The fourth-order valence-electron chi connectivity index (χ4n) is 5.18. The first-order valence-electron chi connectivity index (χ1n) is 11.5. The van der Waals surface area contributed by atoms with Gasteiger partial charge < -0.3 is 19.5 Å². The van der Waals surface area contributed by atoms with Crippen molar-refractivity contribution in [2.45, 2.75) is 58.3 Å². The molecule has 0 spiro atoms. The molecule has 4 rings (SSSR count). The molecule has 176 valence electrons. The summed E-state index contributed by atoms with van der Waals surface area (Å²) in [6.07, 6.45) is 3.25. The van der Waals surface area contributed by atoms with E-state index >= 15 is 0 Å². The van der Waals surface area contributed by atoms with Crippen LogP contribution in [0, 0.1) is 0 Å². The van der Waals surface area contributed by atoms with Gasteiger partial charge in [-0.2, -0.15) is 0 Å². The van der Waals surface area contributed by atoms with E-state index in [1.54, 1.807) is 17.0 Å². The first-order chi connectivity index (χ1) is 15.9. The first-order valence-corrected chi connectivity index (χ1v) is 11.9. The second-order valence-corrected chi connectivity index (χ2v) is 8.79. The van der Waals surface area contributed by atoms with Gasteiger partial charge in [0.05, 0.1) is 18.2 Å². The lowest BCUT2D eigenvalue weighted by Gasteiger charge is -2.43. The summed E-state index contributed by atoms with van der Waals surface area (Å²) < 4.78 is 11.5. The maximum Gasteiger partial charge on any atom is 0.323 e. The molecule has 0 saturated heterocycles.